The van der Waals surface area contributed by atoms with E-state index in [1.165, 1.54) is 0 Å². The summed E-state index contributed by atoms with van der Waals surface area (Å²) in [6, 6.07) is 13.8. The number of unbranched alkanes of at least 4 members (excludes halogenated alkanes) is 1. The van der Waals surface area contributed by atoms with Gasteiger partial charge in [0.2, 0.25) is 5.95 Å². The lowest BCUT2D eigenvalue weighted by Gasteiger charge is -2.16. The van der Waals surface area contributed by atoms with Crippen LogP contribution in [0.5, 0.6) is 11.5 Å². The quantitative estimate of drug-likeness (QED) is 0.287. The van der Waals surface area contributed by atoms with Gasteiger partial charge in [0.25, 0.3) is 0 Å². The molecule has 0 fully saturated rings. The van der Waals surface area contributed by atoms with Crippen molar-refractivity contribution in [1.82, 2.24) is 9.97 Å². The Hall–Kier alpha value is -3.49. The lowest BCUT2D eigenvalue weighted by Crippen LogP contribution is -2.12. The van der Waals surface area contributed by atoms with E-state index in [-0.39, 0.29) is 11.8 Å². The molecule has 0 aliphatic heterocycles. The largest absolute Gasteiger partial charge is 0.494 e. The van der Waals surface area contributed by atoms with Crippen LogP contribution in [-0.4, -0.2) is 23.2 Å². The smallest absolute Gasteiger partial charge is 0.421 e. The van der Waals surface area contributed by atoms with Gasteiger partial charge in [-0.15, -0.1) is 0 Å². The van der Waals surface area contributed by atoms with E-state index in [1.54, 1.807) is 48.5 Å². The van der Waals surface area contributed by atoms with Crippen molar-refractivity contribution in [2.24, 2.45) is 5.92 Å². The molecule has 0 unspecified atom stereocenters. The van der Waals surface area contributed by atoms with E-state index in [4.69, 9.17) is 9.47 Å². The number of benzene rings is 2. The van der Waals surface area contributed by atoms with Gasteiger partial charge in [0, 0.05) is 23.6 Å². The molecule has 6 nitrogen and oxygen atoms in total. The number of hydrogen-bond acceptors (Lipinski definition) is 6. The number of ether oxygens (including phenoxy) is 2. The fourth-order valence-corrected chi connectivity index (χ4v) is 2.91. The Labute approximate surface area is 197 Å². The van der Waals surface area contributed by atoms with Gasteiger partial charge in [0.15, 0.2) is 0 Å². The minimum atomic E-state index is -4.62. The summed E-state index contributed by atoms with van der Waals surface area (Å²) in [4.78, 5) is 7.95. The number of anilines is 4. The summed E-state index contributed by atoms with van der Waals surface area (Å²) in [6.45, 7) is 7.24. The van der Waals surface area contributed by atoms with E-state index in [0.29, 0.717) is 42.0 Å². The highest BCUT2D eigenvalue weighted by Gasteiger charge is 2.35. The van der Waals surface area contributed by atoms with Crippen molar-refractivity contribution in [2.45, 2.75) is 39.8 Å². The third-order valence-electron chi connectivity index (χ3n) is 4.65. The summed E-state index contributed by atoms with van der Waals surface area (Å²) in [5.41, 5.74) is 0.0776. The first-order chi connectivity index (χ1) is 16.2. The standard InChI is InChI=1S/C25H29F3N4O2/c1-4-5-13-33-20-11-9-18(10-12-20)31-24-29-15-22(25(26,27)28)23(32-24)30-19-7-6-8-21(14-19)34-16-17(2)3/h6-12,14-15,17H,4-5,13,16H2,1-3H3,(H2,29,30,31,32). The maximum absolute atomic E-state index is 13.6. The monoisotopic (exact) mass is 474 g/mol. The van der Waals surface area contributed by atoms with Crippen molar-refractivity contribution >= 4 is 23.1 Å². The van der Waals surface area contributed by atoms with Crippen molar-refractivity contribution in [3.63, 3.8) is 0 Å². The molecule has 0 radical (unpaired) electrons. The van der Waals surface area contributed by atoms with E-state index < -0.39 is 11.7 Å². The number of nitrogens with one attached hydrogen (secondary N) is 2. The van der Waals surface area contributed by atoms with Crippen LogP contribution in [-0.2, 0) is 6.18 Å². The van der Waals surface area contributed by atoms with Crippen molar-refractivity contribution in [1.29, 1.82) is 0 Å². The van der Waals surface area contributed by atoms with Crippen LogP contribution < -0.4 is 20.1 Å². The number of hydrogen-bond donors (Lipinski definition) is 2. The molecule has 0 spiro atoms. The maximum atomic E-state index is 13.6. The van der Waals surface area contributed by atoms with E-state index in [2.05, 4.69) is 27.5 Å². The molecular weight excluding hydrogens is 445 g/mol. The maximum Gasteiger partial charge on any atom is 0.421 e. The van der Waals surface area contributed by atoms with Crippen LogP contribution in [0.2, 0.25) is 0 Å². The van der Waals surface area contributed by atoms with Crippen molar-refractivity contribution in [2.75, 3.05) is 23.8 Å². The van der Waals surface area contributed by atoms with Crippen molar-refractivity contribution < 1.29 is 22.6 Å². The molecule has 0 aliphatic carbocycles. The summed E-state index contributed by atoms with van der Waals surface area (Å²) in [7, 11) is 0. The zero-order chi connectivity index (χ0) is 24.6. The van der Waals surface area contributed by atoms with Crippen LogP contribution in [0.3, 0.4) is 0 Å². The second-order valence-corrected chi connectivity index (χ2v) is 8.16. The second kappa shape index (κ2) is 11.6. The predicted octanol–water partition coefficient (Wildman–Crippen LogP) is 7.20. The first-order valence-corrected chi connectivity index (χ1v) is 11.2. The van der Waals surface area contributed by atoms with Gasteiger partial charge < -0.3 is 20.1 Å². The first-order valence-electron chi connectivity index (χ1n) is 11.2. The molecule has 0 bridgehead atoms. The Morgan fingerprint density at radius 1 is 0.941 bits per heavy atom. The summed E-state index contributed by atoms with van der Waals surface area (Å²) in [5.74, 6) is 1.27. The Balaban J connectivity index is 1.78. The number of halogens is 3. The lowest BCUT2D eigenvalue weighted by atomic mass is 10.2. The molecule has 9 heteroatoms. The fraction of sp³-hybridized carbons (Fsp3) is 0.360. The minimum absolute atomic E-state index is 0.0300. The molecule has 1 aromatic heterocycles. The molecular formula is C25H29F3N4O2. The Morgan fingerprint density at radius 3 is 2.38 bits per heavy atom. The van der Waals surface area contributed by atoms with E-state index >= 15 is 0 Å². The Bertz CT molecular complexity index is 1060. The molecule has 0 aliphatic rings. The van der Waals surface area contributed by atoms with Gasteiger partial charge >= 0.3 is 6.18 Å². The number of rotatable bonds is 11. The molecule has 2 aromatic carbocycles. The van der Waals surface area contributed by atoms with Gasteiger partial charge in [-0.3, -0.25) is 0 Å². The zero-order valence-electron chi connectivity index (χ0n) is 19.4. The lowest BCUT2D eigenvalue weighted by molar-refractivity contribution is -0.137. The summed E-state index contributed by atoms with van der Waals surface area (Å²) in [5, 5.41) is 5.70. The van der Waals surface area contributed by atoms with Crippen LogP contribution in [0, 0.1) is 5.92 Å². The average Bonchev–Trinajstić information content (AvgIpc) is 2.79. The molecule has 182 valence electrons. The van der Waals surface area contributed by atoms with E-state index in [0.717, 1.165) is 19.0 Å². The van der Waals surface area contributed by atoms with Gasteiger partial charge in [-0.2, -0.15) is 18.2 Å². The highest BCUT2D eigenvalue weighted by Crippen LogP contribution is 2.35. The molecule has 3 aromatic rings. The van der Waals surface area contributed by atoms with Gasteiger partial charge in [-0.25, -0.2) is 4.98 Å². The van der Waals surface area contributed by atoms with Crippen LogP contribution in [0.4, 0.5) is 36.3 Å². The van der Waals surface area contributed by atoms with Crippen LogP contribution in [0.1, 0.15) is 39.2 Å². The third-order valence-corrected chi connectivity index (χ3v) is 4.65. The van der Waals surface area contributed by atoms with Gasteiger partial charge in [-0.05, 0) is 48.7 Å². The van der Waals surface area contributed by atoms with Crippen LogP contribution in [0.25, 0.3) is 0 Å². The highest BCUT2D eigenvalue weighted by molar-refractivity contribution is 5.64. The van der Waals surface area contributed by atoms with Gasteiger partial charge in [0.1, 0.15) is 22.9 Å². The highest BCUT2D eigenvalue weighted by atomic mass is 19.4. The topological polar surface area (TPSA) is 68.3 Å². The molecule has 34 heavy (non-hydrogen) atoms. The van der Waals surface area contributed by atoms with Crippen LogP contribution in [0.15, 0.2) is 54.7 Å². The SMILES string of the molecule is CCCCOc1ccc(Nc2ncc(C(F)(F)F)c(Nc3cccc(OCC(C)C)c3)n2)cc1. The van der Waals surface area contributed by atoms with E-state index in [9.17, 15) is 13.2 Å². The van der Waals surface area contributed by atoms with Gasteiger partial charge in [0.05, 0.1) is 13.2 Å². The second-order valence-electron chi connectivity index (χ2n) is 8.16. The molecule has 3 rings (SSSR count). The third kappa shape index (κ3) is 7.54. The molecule has 2 N–H and O–H groups in total. The molecule has 0 atom stereocenters. The van der Waals surface area contributed by atoms with Gasteiger partial charge in [-0.1, -0.05) is 33.3 Å². The zero-order valence-corrected chi connectivity index (χ0v) is 19.4. The number of nitrogens with zero attached hydrogens (tertiary/aromatic N) is 2. The molecule has 0 saturated carbocycles. The van der Waals surface area contributed by atoms with Crippen LogP contribution >= 0.6 is 0 Å². The average molecular weight is 475 g/mol. The summed E-state index contributed by atoms with van der Waals surface area (Å²) < 4.78 is 52.1. The normalized spacial score (nSPS) is 11.4. The fourth-order valence-electron chi connectivity index (χ4n) is 2.91. The first kappa shape index (κ1) is 25.1. The van der Waals surface area contributed by atoms with Crippen molar-refractivity contribution in [3.05, 3.63) is 60.3 Å². The minimum Gasteiger partial charge on any atom is -0.494 e. The molecule has 0 saturated heterocycles. The number of alkyl halides is 3. The molecule has 1 heterocycles. The van der Waals surface area contributed by atoms with Crippen molar-refractivity contribution in [3.8, 4) is 11.5 Å². The molecule has 0 amide bonds. The summed E-state index contributed by atoms with van der Waals surface area (Å²) >= 11 is 0. The summed E-state index contributed by atoms with van der Waals surface area (Å²) in [6.07, 6.45) is -1.86. The number of aromatic nitrogens is 2. The Morgan fingerprint density at radius 2 is 1.71 bits per heavy atom. The van der Waals surface area contributed by atoms with E-state index in [1.807, 2.05) is 13.8 Å². The Kier molecular flexibility index (Phi) is 8.56. The predicted molar refractivity (Wildman–Crippen MR) is 127 cm³/mol.